The van der Waals surface area contributed by atoms with Crippen LogP contribution in [-0.4, -0.2) is 45.3 Å². The highest BCUT2D eigenvalue weighted by molar-refractivity contribution is 6.07. The van der Waals surface area contributed by atoms with Crippen LogP contribution in [0.25, 0.3) is 16.9 Å². The van der Waals surface area contributed by atoms with Crippen LogP contribution >= 0.6 is 0 Å². The Labute approximate surface area is 188 Å². The number of benzene rings is 2. The second kappa shape index (κ2) is 8.50. The van der Waals surface area contributed by atoms with Crippen molar-refractivity contribution in [1.82, 2.24) is 20.0 Å². The van der Waals surface area contributed by atoms with Crippen molar-refractivity contribution < 1.29 is 23.8 Å². The monoisotopic (exact) mass is 445 g/mol. The number of aromatic amines is 1. The van der Waals surface area contributed by atoms with E-state index in [1.807, 2.05) is 36.4 Å². The Morgan fingerprint density at radius 3 is 2.76 bits per heavy atom. The number of nitrogens with one attached hydrogen (secondary N) is 2. The normalized spacial score (nSPS) is 11.9. The summed E-state index contributed by atoms with van der Waals surface area (Å²) >= 11 is 0. The lowest BCUT2D eigenvalue weighted by atomic mass is 10.1. The van der Waals surface area contributed by atoms with Gasteiger partial charge in [-0.2, -0.15) is 10.2 Å². The molecule has 10 heteroatoms. The zero-order chi connectivity index (χ0) is 22.8. The van der Waals surface area contributed by atoms with Crippen LogP contribution in [0.15, 0.2) is 60.8 Å². The van der Waals surface area contributed by atoms with Crippen LogP contribution in [0.5, 0.6) is 11.5 Å². The molecule has 33 heavy (non-hydrogen) atoms. The molecule has 3 heterocycles. The van der Waals surface area contributed by atoms with Gasteiger partial charge in [0.2, 0.25) is 6.79 Å². The molecule has 0 bridgehead atoms. The van der Waals surface area contributed by atoms with Crippen LogP contribution in [0, 0.1) is 0 Å². The highest BCUT2D eigenvalue weighted by Crippen LogP contribution is 2.35. The minimum atomic E-state index is -0.583. The molecule has 1 amide bonds. The van der Waals surface area contributed by atoms with Crippen LogP contribution in [0.3, 0.4) is 0 Å². The lowest BCUT2D eigenvalue weighted by Crippen LogP contribution is -2.18. The Kier molecular flexibility index (Phi) is 5.23. The van der Waals surface area contributed by atoms with E-state index in [2.05, 4.69) is 20.6 Å². The van der Waals surface area contributed by atoms with E-state index in [0.717, 1.165) is 5.56 Å². The standard InChI is InChI=1S/C23H19N5O5/c1-2-31-23(30)16-12-24-28(15-6-4-3-5-7-15)21(16)25-22(29)18-11-17(26-27-18)14-8-9-19-20(10-14)33-13-32-19/h3-12H,2,13H2,1H3,(H,25,29)(H,26,27). The molecule has 166 valence electrons. The first kappa shape index (κ1) is 20.3. The number of anilines is 1. The van der Waals surface area contributed by atoms with Gasteiger partial charge < -0.3 is 19.5 Å². The maximum Gasteiger partial charge on any atom is 0.343 e. The predicted molar refractivity (Wildman–Crippen MR) is 118 cm³/mol. The molecule has 2 aromatic heterocycles. The molecule has 1 aliphatic heterocycles. The molecule has 0 unspecified atom stereocenters. The van der Waals surface area contributed by atoms with Crippen molar-refractivity contribution in [1.29, 1.82) is 0 Å². The third-order valence-corrected chi connectivity index (χ3v) is 4.99. The largest absolute Gasteiger partial charge is 0.462 e. The number of hydrogen-bond donors (Lipinski definition) is 2. The van der Waals surface area contributed by atoms with E-state index < -0.39 is 11.9 Å². The Morgan fingerprint density at radius 2 is 1.94 bits per heavy atom. The van der Waals surface area contributed by atoms with Crippen LogP contribution in [0.4, 0.5) is 5.82 Å². The number of H-pyrrole nitrogens is 1. The quantitative estimate of drug-likeness (QED) is 0.436. The van der Waals surface area contributed by atoms with Crippen molar-refractivity contribution in [3.8, 4) is 28.4 Å². The van der Waals surface area contributed by atoms with Crippen molar-refractivity contribution in [2.45, 2.75) is 6.92 Å². The third-order valence-electron chi connectivity index (χ3n) is 4.99. The van der Waals surface area contributed by atoms with E-state index in [9.17, 15) is 9.59 Å². The Balaban J connectivity index is 1.44. The number of amides is 1. The topological polar surface area (TPSA) is 120 Å². The molecule has 0 saturated heterocycles. The molecule has 0 radical (unpaired) electrons. The molecule has 2 N–H and O–H groups in total. The van der Waals surface area contributed by atoms with E-state index >= 15 is 0 Å². The van der Waals surface area contributed by atoms with Crippen molar-refractivity contribution in [3.05, 3.63) is 72.1 Å². The van der Waals surface area contributed by atoms with Gasteiger partial charge in [-0.25, -0.2) is 9.48 Å². The fraction of sp³-hybridized carbons (Fsp3) is 0.130. The summed E-state index contributed by atoms with van der Waals surface area (Å²) in [5, 5.41) is 14.0. The van der Waals surface area contributed by atoms with Gasteiger partial charge in [-0.15, -0.1) is 0 Å². The average Bonchev–Trinajstić information content (AvgIpc) is 3.58. The maximum atomic E-state index is 13.0. The third kappa shape index (κ3) is 3.89. The van der Waals surface area contributed by atoms with E-state index in [4.69, 9.17) is 14.2 Å². The first-order valence-electron chi connectivity index (χ1n) is 10.2. The van der Waals surface area contributed by atoms with Gasteiger partial charge in [-0.05, 0) is 43.3 Å². The number of rotatable bonds is 6. The average molecular weight is 445 g/mol. The first-order valence-corrected chi connectivity index (χ1v) is 10.2. The molecule has 4 aromatic rings. The van der Waals surface area contributed by atoms with E-state index in [1.54, 1.807) is 25.1 Å². The second-order valence-electron chi connectivity index (χ2n) is 7.06. The van der Waals surface area contributed by atoms with Gasteiger partial charge in [0.15, 0.2) is 17.3 Å². The lowest BCUT2D eigenvalue weighted by Gasteiger charge is -2.10. The molecule has 5 rings (SSSR count). The maximum absolute atomic E-state index is 13.0. The number of hydrogen-bond acceptors (Lipinski definition) is 7. The zero-order valence-corrected chi connectivity index (χ0v) is 17.6. The van der Waals surface area contributed by atoms with Crippen molar-refractivity contribution in [3.63, 3.8) is 0 Å². The molecule has 1 aliphatic rings. The summed E-state index contributed by atoms with van der Waals surface area (Å²) in [6.07, 6.45) is 1.37. The number of fused-ring (bicyclic) bond motifs is 1. The minimum Gasteiger partial charge on any atom is -0.462 e. The highest BCUT2D eigenvalue weighted by atomic mass is 16.7. The fourth-order valence-corrected chi connectivity index (χ4v) is 3.41. The fourth-order valence-electron chi connectivity index (χ4n) is 3.41. The van der Waals surface area contributed by atoms with Gasteiger partial charge in [0, 0.05) is 5.56 Å². The molecule has 0 saturated carbocycles. The van der Waals surface area contributed by atoms with Crippen molar-refractivity contribution in [2.75, 3.05) is 18.7 Å². The number of aromatic nitrogens is 4. The van der Waals surface area contributed by atoms with Gasteiger partial charge in [-0.1, -0.05) is 18.2 Å². The number of carbonyl (C=O) groups is 2. The summed E-state index contributed by atoms with van der Waals surface area (Å²) in [6.45, 7) is 2.08. The van der Waals surface area contributed by atoms with Crippen LogP contribution in [0.2, 0.25) is 0 Å². The Hall–Kier alpha value is -4.60. The smallest absolute Gasteiger partial charge is 0.343 e. The molecule has 0 spiro atoms. The molecule has 2 aromatic carbocycles. The van der Waals surface area contributed by atoms with Gasteiger partial charge >= 0.3 is 5.97 Å². The summed E-state index contributed by atoms with van der Waals surface area (Å²) in [5.74, 6) is 0.405. The first-order chi connectivity index (χ1) is 16.1. The Morgan fingerprint density at radius 1 is 1.12 bits per heavy atom. The van der Waals surface area contributed by atoms with Gasteiger partial charge in [0.1, 0.15) is 11.3 Å². The summed E-state index contributed by atoms with van der Waals surface area (Å²) < 4.78 is 17.3. The highest BCUT2D eigenvalue weighted by Gasteiger charge is 2.23. The van der Waals surface area contributed by atoms with Gasteiger partial charge in [0.05, 0.1) is 24.2 Å². The summed E-state index contributed by atoms with van der Waals surface area (Å²) in [6, 6.07) is 16.2. The molecular formula is C23H19N5O5. The van der Waals surface area contributed by atoms with E-state index in [-0.39, 0.29) is 30.5 Å². The molecule has 0 aliphatic carbocycles. The van der Waals surface area contributed by atoms with E-state index in [0.29, 0.717) is 22.9 Å². The summed E-state index contributed by atoms with van der Waals surface area (Å²) in [7, 11) is 0. The van der Waals surface area contributed by atoms with Crippen LogP contribution in [0.1, 0.15) is 27.8 Å². The summed E-state index contributed by atoms with van der Waals surface area (Å²) in [5.41, 5.74) is 2.34. The number of ether oxygens (including phenoxy) is 3. The predicted octanol–water partition coefficient (Wildman–Crippen LogP) is 3.42. The molecular weight excluding hydrogens is 426 g/mol. The number of para-hydroxylation sites is 1. The molecule has 0 fully saturated rings. The SMILES string of the molecule is CCOC(=O)c1cnn(-c2ccccc2)c1NC(=O)c1cc(-c2ccc3c(c2)OCO3)n[nH]1. The minimum absolute atomic E-state index is 0.143. The van der Waals surface area contributed by atoms with Crippen LogP contribution < -0.4 is 14.8 Å². The molecule has 10 nitrogen and oxygen atoms in total. The number of nitrogens with zero attached hydrogens (tertiary/aromatic N) is 3. The Bertz CT molecular complexity index is 1330. The number of esters is 1. The molecule has 0 atom stereocenters. The number of carbonyl (C=O) groups excluding carboxylic acids is 2. The lowest BCUT2D eigenvalue weighted by molar-refractivity contribution is 0.0527. The second-order valence-corrected chi connectivity index (χ2v) is 7.06. The summed E-state index contributed by atoms with van der Waals surface area (Å²) in [4.78, 5) is 25.5. The van der Waals surface area contributed by atoms with Gasteiger partial charge in [-0.3, -0.25) is 9.89 Å². The van der Waals surface area contributed by atoms with Crippen molar-refractivity contribution >= 4 is 17.7 Å². The van der Waals surface area contributed by atoms with Crippen molar-refractivity contribution in [2.24, 2.45) is 0 Å². The van der Waals surface area contributed by atoms with Crippen LogP contribution in [-0.2, 0) is 4.74 Å². The zero-order valence-electron chi connectivity index (χ0n) is 17.6. The van der Waals surface area contributed by atoms with Gasteiger partial charge in [0.25, 0.3) is 5.91 Å². The van der Waals surface area contributed by atoms with E-state index in [1.165, 1.54) is 10.9 Å².